The van der Waals surface area contributed by atoms with Gasteiger partial charge >= 0.3 is 0 Å². The average Bonchev–Trinajstić information content (AvgIpc) is 2.05. The van der Waals surface area contributed by atoms with Crippen molar-refractivity contribution < 1.29 is 9.77 Å². The van der Waals surface area contributed by atoms with Crippen LogP contribution in [0.15, 0.2) is 5.10 Å². The summed E-state index contributed by atoms with van der Waals surface area (Å²) < 4.78 is 5.03. The minimum atomic E-state index is -0.801. The van der Waals surface area contributed by atoms with Gasteiger partial charge in [0.1, 0.15) is 5.10 Å². The first kappa shape index (κ1) is 8.72. The fourth-order valence-electron chi connectivity index (χ4n) is 0.939. The molecule has 0 saturated carbocycles. The molecule has 0 unspecified atom stereocenters. The van der Waals surface area contributed by atoms with Crippen molar-refractivity contribution in [2.75, 3.05) is 26.3 Å². The molecule has 1 heterocycles. The second kappa shape index (κ2) is 3.86. The summed E-state index contributed by atoms with van der Waals surface area (Å²) >= 11 is 0. The summed E-state index contributed by atoms with van der Waals surface area (Å²) in [6.45, 7) is 2.19. The van der Waals surface area contributed by atoms with E-state index in [2.05, 4.69) is 5.10 Å². The monoisotopic (exact) mass is 174 g/mol. The van der Waals surface area contributed by atoms with Crippen LogP contribution in [-0.4, -0.2) is 42.2 Å². The predicted molar refractivity (Wildman–Crippen MR) is 41.0 cm³/mol. The standard InChI is InChI=1S/C5H10N4O3/c6-5(7-9(10)11)8-1-3-12-4-2-8/h1-4H2,(H2,6,7). The Hall–Kier alpha value is -1.37. The molecule has 68 valence electrons. The Balaban J connectivity index is 2.49. The average molecular weight is 174 g/mol. The zero-order valence-corrected chi connectivity index (χ0v) is 6.47. The second-order valence-corrected chi connectivity index (χ2v) is 2.30. The lowest BCUT2D eigenvalue weighted by Gasteiger charge is -2.25. The van der Waals surface area contributed by atoms with Crippen molar-refractivity contribution in [3.05, 3.63) is 10.1 Å². The largest absolute Gasteiger partial charge is 0.378 e. The number of hydrogen-bond acceptors (Lipinski definition) is 3. The summed E-state index contributed by atoms with van der Waals surface area (Å²) in [6, 6.07) is 0. The van der Waals surface area contributed by atoms with Gasteiger partial charge in [0.2, 0.25) is 0 Å². The van der Waals surface area contributed by atoms with Crippen LogP contribution in [-0.2, 0) is 4.74 Å². The molecule has 1 saturated heterocycles. The van der Waals surface area contributed by atoms with E-state index in [9.17, 15) is 10.1 Å². The molecule has 7 nitrogen and oxygen atoms in total. The third-order valence-corrected chi connectivity index (χ3v) is 1.52. The van der Waals surface area contributed by atoms with Crippen molar-refractivity contribution in [1.82, 2.24) is 4.90 Å². The minimum Gasteiger partial charge on any atom is -0.378 e. The van der Waals surface area contributed by atoms with E-state index < -0.39 is 5.03 Å². The van der Waals surface area contributed by atoms with Crippen LogP contribution in [0.3, 0.4) is 0 Å². The summed E-state index contributed by atoms with van der Waals surface area (Å²) in [7, 11) is 0. The van der Waals surface area contributed by atoms with Crippen LogP contribution in [0.25, 0.3) is 0 Å². The quantitative estimate of drug-likeness (QED) is 0.234. The molecule has 1 fully saturated rings. The van der Waals surface area contributed by atoms with Crippen molar-refractivity contribution in [1.29, 1.82) is 0 Å². The third kappa shape index (κ3) is 2.35. The first-order valence-corrected chi connectivity index (χ1v) is 3.51. The smallest absolute Gasteiger partial charge is 0.268 e. The van der Waals surface area contributed by atoms with E-state index >= 15 is 0 Å². The summed E-state index contributed by atoms with van der Waals surface area (Å²) in [4.78, 5) is 11.5. The van der Waals surface area contributed by atoms with Crippen LogP contribution in [0, 0.1) is 10.1 Å². The van der Waals surface area contributed by atoms with E-state index in [1.807, 2.05) is 0 Å². The molecule has 0 aliphatic carbocycles. The first-order chi connectivity index (χ1) is 5.70. The molecule has 0 aromatic carbocycles. The lowest BCUT2D eigenvalue weighted by Crippen LogP contribution is -2.45. The number of hydrazone groups is 1. The fraction of sp³-hybridized carbons (Fsp3) is 0.800. The molecule has 0 atom stereocenters. The van der Waals surface area contributed by atoms with Crippen LogP contribution in [0.2, 0.25) is 0 Å². The molecule has 12 heavy (non-hydrogen) atoms. The Bertz CT molecular complexity index is 199. The fourth-order valence-corrected chi connectivity index (χ4v) is 0.939. The highest BCUT2D eigenvalue weighted by molar-refractivity contribution is 5.77. The van der Waals surface area contributed by atoms with Crippen LogP contribution in [0.4, 0.5) is 0 Å². The highest BCUT2D eigenvalue weighted by Gasteiger charge is 2.14. The first-order valence-electron chi connectivity index (χ1n) is 3.51. The maximum absolute atomic E-state index is 9.93. The molecule has 0 aromatic rings. The zero-order valence-electron chi connectivity index (χ0n) is 6.47. The number of nitrogens with two attached hydrogens (primary N) is 1. The number of hydrogen-bond donors (Lipinski definition) is 1. The Morgan fingerprint density at radius 3 is 2.67 bits per heavy atom. The molecule has 0 bridgehead atoms. The maximum Gasteiger partial charge on any atom is 0.268 e. The van der Waals surface area contributed by atoms with Gasteiger partial charge in [0, 0.05) is 13.1 Å². The van der Waals surface area contributed by atoms with Gasteiger partial charge in [-0.25, -0.2) is 10.1 Å². The lowest BCUT2D eigenvalue weighted by molar-refractivity contribution is -0.485. The van der Waals surface area contributed by atoms with Gasteiger partial charge in [0.15, 0.2) is 5.03 Å². The summed E-state index contributed by atoms with van der Waals surface area (Å²) in [5.41, 5.74) is 5.33. The number of nitro groups is 1. The van der Waals surface area contributed by atoms with Crippen LogP contribution in [0.1, 0.15) is 0 Å². The molecule has 0 spiro atoms. The number of rotatable bonds is 1. The molecule has 2 N–H and O–H groups in total. The van der Waals surface area contributed by atoms with Crippen LogP contribution in [0.5, 0.6) is 0 Å². The molecule has 1 aliphatic rings. The van der Waals surface area contributed by atoms with Gasteiger partial charge in [-0.3, -0.25) is 0 Å². The van der Waals surface area contributed by atoms with E-state index in [0.29, 0.717) is 26.3 Å². The van der Waals surface area contributed by atoms with Crippen LogP contribution >= 0.6 is 0 Å². The highest BCUT2D eigenvalue weighted by atomic mass is 16.7. The molecule has 0 aromatic heterocycles. The molecule has 1 aliphatic heterocycles. The Labute approximate surface area is 68.9 Å². The van der Waals surface area contributed by atoms with Gasteiger partial charge < -0.3 is 15.4 Å². The van der Waals surface area contributed by atoms with E-state index in [0.717, 1.165) is 0 Å². The van der Waals surface area contributed by atoms with Crippen molar-refractivity contribution >= 4 is 5.96 Å². The molecular formula is C5H10N4O3. The van der Waals surface area contributed by atoms with Gasteiger partial charge in [-0.2, -0.15) is 0 Å². The SMILES string of the molecule is NC(=N[N+](=O)[O-])N1CCOCC1. The Morgan fingerprint density at radius 1 is 1.58 bits per heavy atom. The molecule has 7 heteroatoms. The number of nitrogens with zero attached hydrogens (tertiary/aromatic N) is 3. The normalized spacial score (nSPS) is 19.3. The highest BCUT2D eigenvalue weighted by Crippen LogP contribution is 1.95. The van der Waals surface area contributed by atoms with E-state index in [1.165, 1.54) is 0 Å². The van der Waals surface area contributed by atoms with Gasteiger partial charge in [-0.1, -0.05) is 0 Å². The molecular weight excluding hydrogens is 164 g/mol. The molecule has 0 amide bonds. The maximum atomic E-state index is 9.93. The van der Waals surface area contributed by atoms with Crippen molar-refractivity contribution in [3.8, 4) is 0 Å². The van der Waals surface area contributed by atoms with Gasteiger partial charge in [-0.15, -0.1) is 0 Å². The third-order valence-electron chi connectivity index (χ3n) is 1.52. The molecule has 0 radical (unpaired) electrons. The van der Waals surface area contributed by atoms with Crippen molar-refractivity contribution in [2.24, 2.45) is 10.8 Å². The summed E-state index contributed by atoms with van der Waals surface area (Å²) in [5.74, 6) is -0.0525. The van der Waals surface area contributed by atoms with Gasteiger partial charge in [0.05, 0.1) is 13.2 Å². The summed E-state index contributed by atoms with van der Waals surface area (Å²) in [5, 5.41) is 12.1. The lowest BCUT2D eigenvalue weighted by atomic mass is 10.4. The molecule has 1 rings (SSSR count). The number of guanidine groups is 1. The summed E-state index contributed by atoms with van der Waals surface area (Å²) in [6.07, 6.45) is 0. The van der Waals surface area contributed by atoms with E-state index in [4.69, 9.17) is 10.5 Å². The van der Waals surface area contributed by atoms with Gasteiger partial charge in [0.25, 0.3) is 5.96 Å². The minimum absolute atomic E-state index is 0.0525. The second-order valence-electron chi connectivity index (χ2n) is 2.30. The Morgan fingerprint density at radius 2 is 2.17 bits per heavy atom. The van der Waals surface area contributed by atoms with Crippen LogP contribution < -0.4 is 5.73 Å². The predicted octanol–water partition coefficient (Wildman–Crippen LogP) is -1.17. The number of morpholine rings is 1. The van der Waals surface area contributed by atoms with E-state index in [-0.39, 0.29) is 5.96 Å². The Kier molecular flexibility index (Phi) is 2.81. The van der Waals surface area contributed by atoms with Gasteiger partial charge in [-0.05, 0) is 0 Å². The topological polar surface area (TPSA) is 94.0 Å². The van der Waals surface area contributed by atoms with Crippen molar-refractivity contribution in [2.45, 2.75) is 0 Å². The van der Waals surface area contributed by atoms with Crippen molar-refractivity contribution in [3.63, 3.8) is 0 Å². The number of ether oxygens (including phenoxy) is 1. The zero-order chi connectivity index (χ0) is 8.97. The van der Waals surface area contributed by atoms with E-state index in [1.54, 1.807) is 4.90 Å².